The first-order chi connectivity index (χ1) is 9.77. The fourth-order valence-corrected chi connectivity index (χ4v) is 2.09. The molecule has 1 saturated carbocycles. The largest absolute Gasteiger partial charge is 0.355 e. The van der Waals surface area contributed by atoms with Gasteiger partial charge in [0.05, 0.1) is 0 Å². The number of hydrogen-bond donors (Lipinski definition) is 3. The van der Waals surface area contributed by atoms with Crippen molar-refractivity contribution in [3.8, 4) is 0 Å². The van der Waals surface area contributed by atoms with E-state index in [4.69, 9.17) is 0 Å². The van der Waals surface area contributed by atoms with Crippen LogP contribution in [0.2, 0.25) is 0 Å². The minimum Gasteiger partial charge on any atom is -0.355 e. The molecule has 0 unspecified atom stereocenters. The lowest BCUT2D eigenvalue weighted by Crippen LogP contribution is -2.29. The maximum Gasteiger partial charge on any atom is 0.227 e. The van der Waals surface area contributed by atoms with Crippen molar-refractivity contribution in [3.05, 3.63) is 11.8 Å². The van der Waals surface area contributed by atoms with Gasteiger partial charge >= 0.3 is 0 Å². The summed E-state index contributed by atoms with van der Waals surface area (Å²) in [6.45, 7) is 8.63. The van der Waals surface area contributed by atoms with E-state index in [0.29, 0.717) is 18.3 Å². The van der Waals surface area contributed by atoms with Crippen molar-refractivity contribution in [3.63, 3.8) is 0 Å². The smallest absolute Gasteiger partial charge is 0.227 e. The van der Waals surface area contributed by atoms with Crippen molar-refractivity contribution in [1.82, 2.24) is 15.5 Å². The van der Waals surface area contributed by atoms with Crippen LogP contribution in [0, 0.1) is 11.8 Å². The van der Waals surface area contributed by atoms with E-state index >= 15 is 0 Å². The molecule has 2 amide bonds. The topological polar surface area (TPSA) is 86.9 Å². The first-order valence-electron chi connectivity index (χ1n) is 7.41. The lowest BCUT2D eigenvalue weighted by atomic mass is 9.92. The molecule has 1 fully saturated rings. The molecule has 0 saturated heterocycles. The second kappa shape index (κ2) is 5.87. The van der Waals surface area contributed by atoms with E-state index in [1.165, 1.54) is 0 Å². The zero-order chi connectivity index (χ0) is 15.6. The van der Waals surface area contributed by atoms with E-state index in [1.807, 2.05) is 6.07 Å². The summed E-state index contributed by atoms with van der Waals surface area (Å²) in [5.41, 5.74) is 0.930. The number of amides is 2. The van der Waals surface area contributed by atoms with Crippen LogP contribution in [0.3, 0.4) is 0 Å². The molecule has 0 aromatic carbocycles. The van der Waals surface area contributed by atoms with Crippen LogP contribution >= 0.6 is 0 Å². The van der Waals surface area contributed by atoms with Crippen LogP contribution in [0.25, 0.3) is 0 Å². The Morgan fingerprint density at radius 1 is 1.43 bits per heavy atom. The van der Waals surface area contributed by atoms with Gasteiger partial charge in [-0.05, 0) is 12.3 Å². The molecule has 1 heterocycles. The number of carbonyl (C=O) groups is 2. The summed E-state index contributed by atoms with van der Waals surface area (Å²) in [5.74, 6) is 1.07. The molecule has 0 bridgehead atoms. The number of aromatic nitrogens is 2. The lowest BCUT2D eigenvalue weighted by Gasteiger charge is -2.14. The fourth-order valence-electron chi connectivity index (χ4n) is 2.09. The number of nitrogens with zero attached hydrogens (tertiary/aromatic N) is 1. The molecule has 6 nitrogen and oxygen atoms in total. The predicted molar refractivity (Wildman–Crippen MR) is 80.8 cm³/mol. The maximum absolute atomic E-state index is 11.8. The quantitative estimate of drug-likeness (QED) is 0.773. The molecule has 1 aromatic rings. The van der Waals surface area contributed by atoms with Crippen LogP contribution < -0.4 is 10.6 Å². The normalized spacial score (nSPS) is 21.0. The van der Waals surface area contributed by atoms with Gasteiger partial charge in [-0.25, -0.2) is 0 Å². The van der Waals surface area contributed by atoms with Crippen LogP contribution in [-0.2, 0) is 15.0 Å². The average Bonchev–Trinajstić information content (AvgIpc) is 2.90. The van der Waals surface area contributed by atoms with Gasteiger partial charge in [0.2, 0.25) is 11.8 Å². The molecule has 21 heavy (non-hydrogen) atoms. The zero-order valence-electron chi connectivity index (χ0n) is 13.1. The molecule has 116 valence electrons. The van der Waals surface area contributed by atoms with Gasteiger partial charge in [-0.15, -0.1) is 0 Å². The van der Waals surface area contributed by atoms with Gasteiger partial charge in [-0.3, -0.25) is 14.7 Å². The molecule has 2 atom stereocenters. The van der Waals surface area contributed by atoms with Crippen molar-refractivity contribution in [1.29, 1.82) is 0 Å². The molecule has 1 aromatic heterocycles. The van der Waals surface area contributed by atoms with Crippen LogP contribution in [0.4, 0.5) is 5.82 Å². The molecule has 1 aliphatic carbocycles. The summed E-state index contributed by atoms with van der Waals surface area (Å²) in [4.78, 5) is 23.4. The number of rotatable bonds is 5. The lowest BCUT2D eigenvalue weighted by molar-refractivity contribution is -0.122. The van der Waals surface area contributed by atoms with E-state index in [2.05, 4.69) is 48.5 Å². The van der Waals surface area contributed by atoms with E-state index in [1.54, 1.807) is 0 Å². The Balaban J connectivity index is 1.72. The number of carbonyl (C=O) groups excluding carboxylic acids is 2. The Morgan fingerprint density at radius 2 is 2.10 bits per heavy atom. The van der Waals surface area contributed by atoms with Crippen LogP contribution in [0.15, 0.2) is 6.07 Å². The maximum atomic E-state index is 11.8. The summed E-state index contributed by atoms with van der Waals surface area (Å²) >= 11 is 0. The second-order valence-electron chi connectivity index (χ2n) is 6.83. The third-order valence-electron chi connectivity index (χ3n) is 3.75. The highest BCUT2D eigenvalue weighted by atomic mass is 16.2. The SMILES string of the molecule is C[C@H]1C[C@H]1C(=O)NCCC(=O)Nc1cc(C(C)(C)C)[nH]n1. The first-order valence-corrected chi connectivity index (χ1v) is 7.41. The van der Waals surface area contributed by atoms with Crippen molar-refractivity contribution in [2.24, 2.45) is 11.8 Å². The van der Waals surface area contributed by atoms with Gasteiger partial charge in [0.25, 0.3) is 0 Å². The Kier molecular flexibility index (Phi) is 4.34. The molecule has 2 rings (SSSR count). The number of aromatic amines is 1. The Morgan fingerprint density at radius 3 is 2.62 bits per heavy atom. The van der Waals surface area contributed by atoms with Gasteiger partial charge in [0.15, 0.2) is 5.82 Å². The molecular formula is C15H24N4O2. The Bertz CT molecular complexity index is 530. The summed E-state index contributed by atoms with van der Waals surface area (Å²) in [7, 11) is 0. The van der Waals surface area contributed by atoms with Crippen molar-refractivity contribution < 1.29 is 9.59 Å². The van der Waals surface area contributed by atoms with E-state index in [0.717, 1.165) is 12.1 Å². The van der Waals surface area contributed by atoms with Crippen molar-refractivity contribution >= 4 is 17.6 Å². The van der Waals surface area contributed by atoms with Gasteiger partial charge in [-0.1, -0.05) is 27.7 Å². The molecule has 0 radical (unpaired) electrons. The van der Waals surface area contributed by atoms with Crippen LogP contribution in [0.1, 0.15) is 46.2 Å². The monoisotopic (exact) mass is 292 g/mol. The summed E-state index contributed by atoms with van der Waals surface area (Å²) in [5, 5.41) is 12.5. The van der Waals surface area contributed by atoms with Crippen LogP contribution in [0.5, 0.6) is 0 Å². The highest BCUT2D eigenvalue weighted by Crippen LogP contribution is 2.37. The second-order valence-corrected chi connectivity index (χ2v) is 6.83. The van der Waals surface area contributed by atoms with E-state index in [9.17, 15) is 9.59 Å². The van der Waals surface area contributed by atoms with Crippen LogP contribution in [-0.4, -0.2) is 28.6 Å². The zero-order valence-corrected chi connectivity index (χ0v) is 13.1. The highest BCUT2D eigenvalue weighted by molar-refractivity contribution is 5.90. The molecule has 0 spiro atoms. The van der Waals surface area contributed by atoms with Gasteiger partial charge in [-0.2, -0.15) is 5.10 Å². The minimum atomic E-state index is -0.147. The number of H-pyrrole nitrogens is 1. The van der Waals surface area contributed by atoms with Crippen molar-refractivity contribution in [2.45, 2.75) is 46.0 Å². The molecule has 1 aliphatic rings. The molecule has 6 heteroatoms. The van der Waals surface area contributed by atoms with E-state index in [-0.39, 0.29) is 29.6 Å². The molecule has 0 aliphatic heterocycles. The fraction of sp³-hybridized carbons (Fsp3) is 0.667. The number of anilines is 1. The highest BCUT2D eigenvalue weighted by Gasteiger charge is 2.38. The Hall–Kier alpha value is -1.85. The standard InChI is InChI=1S/C15H24N4O2/c1-9-7-10(9)14(21)16-6-5-13(20)17-12-8-11(18-19-12)15(2,3)4/h8-10H,5-7H2,1-4H3,(H,16,21)(H2,17,18,19,20)/t9-,10+/m0/s1. The summed E-state index contributed by atoms with van der Waals surface area (Å²) in [6, 6.07) is 1.84. The Labute approximate surface area is 125 Å². The average molecular weight is 292 g/mol. The number of nitrogens with one attached hydrogen (secondary N) is 3. The predicted octanol–water partition coefficient (Wildman–Crippen LogP) is 1.81. The minimum absolute atomic E-state index is 0.0368. The molecule has 3 N–H and O–H groups in total. The third-order valence-corrected chi connectivity index (χ3v) is 3.75. The first kappa shape index (κ1) is 15.5. The van der Waals surface area contributed by atoms with E-state index < -0.39 is 0 Å². The third kappa shape index (κ3) is 4.31. The summed E-state index contributed by atoms with van der Waals surface area (Å²) < 4.78 is 0. The number of hydrogen-bond acceptors (Lipinski definition) is 3. The van der Waals surface area contributed by atoms with Crippen molar-refractivity contribution in [2.75, 3.05) is 11.9 Å². The van der Waals surface area contributed by atoms with Gasteiger partial charge in [0, 0.05) is 36.1 Å². The summed E-state index contributed by atoms with van der Waals surface area (Å²) in [6.07, 6.45) is 1.21. The van der Waals surface area contributed by atoms with Gasteiger partial charge in [0.1, 0.15) is 0 Å². The molecular weight excluding hydrogens is 268 g/mol. The van der Waals surface area contributed by atoms with Gasteiger partial charge < -0.3 is 10.6 Å².